The first-order valence-electron chi connectivity index (χ1n) is 6.74. The molecule has 0 radical (unpaired) electrons. The highest BCUT2D eigenvalue weighted by molar-refractivity contribution is 5.66. The molecule has 8 nitrogen and oxygen atoms in total. The van der Waals surface area contributed by atoms with E-state index in [4.69, 9.17) is 9.47 Å². The maximum Gasteiger partial charge on any atom is 0.330 e. The van der Waals surface area contributed by atoms with Crippen LogP contribution in [0.15, 0.2) is 15.8 Å². The van der Waals surface area contributed by atoms with Gasteiger partial charge in [0.05, 0.1) is 6.61 Å². The number of hydrogen-bond acceptors (Lipinski definition) is 6. The van der Waals surface area contributed by atoms with E-state index in [1.54, 1.807) is 6.92 Å². The molecule has 1 aliphatic rings. The fourth-order valence-electron chi connectivity index (χ4n) is 2.37. The van der Waals surface area contributed by atoms with Crippen LogP contribution in [0.4, 0.5) is 0 Å². The summed E-state index contributed by atoms with van der Waals surface area (Å²) in [5.41, 5.74) is -0.566. The molecule has 2 rings (SSSR count). The smallest absolute Gasteiger partial charge is 0.330 e. The van der Waals surface area contributed by atoms with E-state index >= 15 is 0 Å². The predicted octanol–water partition coefficient (Wildman–Crippen LogP) is -0.689. The molecule has 1 fully saturated rings. The minimum absolute atomic E-state index is 0.236. The second-order valence-electron chi connectivity index (χ2n) is 4.87. The number of carbonyl (C=O) groups excluding carboxylic acids is 1. The maximum atomic E-state index is 11.9. The van der Waals surface area contributed by atoms with Gasteiger partial charge in [0.15, 0.2) is 0 Å². The van der Waals surface area contributed by atoms with Crippen molar-refractivity contribution in [2.75, 3.05) is 6.61 Å². The fraction of sp³-hybridized carbons (Fsp3) is 0.615. The topological polar surface area (TPSA) is 111 Å². The Labute approximate surface area is 120 Å². The summed E-state index contributed by atoms with van der Waals surface area (Å²) in [6.07, 6.45) is 0.139. The van der Waals surface area contributed by atoms with Gasteiger partial charge in [-0.15, -0.1) is 0 Å². The van der Waals surface area contributed by atoms with Crippen LogP contribution in [-0.4, -0.2) is 39.4 Å². The average molecular weight is 298 g/mol. The third-order valence-electron chi connectivity index (χ3n) is 3.41. The molecule has 0 bridgehead atoms. The van der Waals surface area contributed by atoms with Crippen LogP contribution in [0.2, 0.25) is 0 Å². The number of ether oxygens (including phenoxy) is 2. The Morgan fingerprint density at radius 2 is 2.29 bits per heavy atom. The monoisotopic (exact) mass is 298 g/mol. The second kappa shape index (κ2) is 6.23. The van der Waals surface area contributed by atoms with E-state index in [9.17, 15) is 19.5 Å². The Bertz CT molecular complexity index is 634. The maximum absolute atomic E-state index is 11.9. The van der Waals surface area contributed by atoms with Crippen molar-refractivity contribution < 1.29 is 19.4 Å². The number of aryl methyl sites for hydroxylation is 1. The van der Waals surface area contributed by atoms with E-state index in [0.717, 1.165) is 0 Å². The summed E-state index contributed by atoms with van der Waals surface area (Å²) in [7, 11) is 0. The van der Waals surface area contributed by atoms with Crippen LogP contribution in [0.3, 0.4) is 0 Å². The first-order chi connectivity index (χ1) is 9.96. The molecule has 0 aliphatic carbocycles. The molecule has 0 aromatic carbocycles. The molecule has 116 valence electrons. The Balaban J connectivity index is 2.29. The largest absolute Gasteiger partial charge is 0.460 e. The van der Waals surface area contributed by atoms with Crippen molar-refractivity contribution in [3.63, 3.8) is 0 Å². The molecule has 1 aromatic heterocycles. The molecule has 2 heterocycles. The van der Waals surface area contributed by atoms with Crippen molar-refractivity contribution in [2.45, 2.75) is 45.1 Å². The number of aliphatic hydroxyl groups excluding tert-OH is 1. The van der Waals surface area contributed by atoms with Crippen LogP contribution in [0.5, 0.6) is 0 Å². The van der Waals surface area contributed by atoms with Gasteiger partial charge in [-0.05, 0) is 6.42 Å². The van der Waals surface area contributed by atoms with Crippen molar-refractivity contribution in [2.24, 2.45) is 0 Å². The lowest BCUT2D eigenvalue weighted by atomic mass is 10.2. The SMILES string of the molecule is CCc1cn([C@@H]2CC(OC(C)=O)[C@H](CO)O2)c(=O)[nH]c1=O. The standard InChI is InChI=1S/C13H18N2O6/c1-3-8-5-15(13(19)14-12(8)18)11-4-9(20-7(2)17)10(6-16)21-11/h5,9-11,16H,3-4,6H2,1-2H3,(H,14,18,19)/t9?,10-,11-/m0/s1. The Morgan fingerprint density at radius 3 is 2.86 bits per heavy atom. The Morgan fingerprint density at radius 1 is 1.57 bits per heavy atom. The molecule has 8 heteroatoms. The molecule has 1 aliphatic heterocycles. The van der Waals surface area contributed by atoms with Crippen LogP contribution in [0.25, 0.3) is 0 Å². The molecular formula is C13H18N2O6. The first kappa shape index (κ1) is 15.5. The van der Waals surface area contributed by atoms with Crippen LogP contribution in [0.1, 0.15) is 32.1 Å². The summed E-state index contributed by atoms with van der Waals surface area (Å²) in [4.78, 5) is 36.7. The predicted molar refractivity (Wildman–Crippen MR) is 71.9 cm³/mol. The summed E-state index contributed by atoms with van der Waals surface area (Å²) in [5, 5.41) is 9.27. The number of aromatic amines is 1. The highest BCUT2D eigenvalue weighted by atomic mass is 16.6. The molecular weight excluding hydrogens is 280 g/mol. The molecule has 1 unspecified atom stereocenters. The number of hydrogen-bond donors (Lipinski definition) is 2. The first-order valence-corrected chi connectivity index (χ1v) is 6.74. The molecule has 0 spiro atoms. The van der Waals surface area contributed by atoms with E-state index in [1.165, 1.54) is 17.7 Å². The van der Waals surface area contributed by atoms with Crippen molar-refractivity contribution in [1.29, 1.82) is 0 Å². The van der Waals surface area contributed by atoms with E-state index in [2.05, 4.69) is 4.98 Å². The van der Waals surface area contributed by atoms with E-state index in [-0.39, 0.29) is 13.0 Å². The molecule has 1 aromatic rings. The molecule has 21 heavy (non-hydrogen) atoms. The zero-order valence-electron chi connectivity index (χ0n) is 11.9. The van der Waals surface area contributed by atoms with E-state index in [1.807, 2.05) is 0 Å². The summed E-state index contributed by atoms with van der Waals surface area (Å²) >= 11 is 0. The number of nitrogens with zero attached hydrogens (tertiary/aromatic N) is 1. The van der Waals surface area contributed by atoms with Gasteiger partial charge in [0, 0.05) is 25.1 Å². The highest BCUT2D eigenvalue weighted by Gasteiger charge is 2.38. The number of aliphatic hydroxyl groups is 1. The summed E-state index contributed by atoms with van der Waals surface area (Å²) in [5.74, 6) is -0.481. The van der Waals surface area contributed by atoms with Gasteiger partial charge in [-0.1, -0.05) is 6.92 Å². The minimum Gasteiger partial charge on any atom is -0.460 e. The Kier molecular flexibility index (Phi) is 4.59. The summed E-state index contributed by atoms with van der Waals surface area (Å²) < 4.78 is 11.9. The van der Waals surface area contributed by atoms with Gasteiger partial charge < -0.3 is 14.6 Å². The third-order valence-corrected chi connectivity index (χ3v) is 3.41. The van der Waals surface area contributed by atoms with Gasteiger partial charge >= 0.3 is 11.7 Å². The van der Waals surface area contributed by atoms with Crippen molar-refractivity contribution >= 4 is 5.97 Å². The van der Waals surface area contributed by atoms with Gasteiger partial charge in [-0.25, -0.2) is 4.79 Å². The Hall–Kier alpha value is -1.93. The summed E-state index contributed by atoms with van der Waals surface area (Å²) in [6.45, 7) is 2.74. The van der Waals surface area contributed by atoms with Crippen LogP contribution in [-0.2, 0) is 20.7 Å². The number of rotatable bonds is 4. The van der Waals surface area contributed by atoms with Gasteiger partial charge in [-0.3, -0.25) is 19.1 Å². The fourth-order valence-corrected chi connectivity index (χ4v) is 2.37. The van der Waals surface area contributed by atoms with Gasteiger partial charge in [0.1, 0.15) is 18.4 Å². The van der Waals surface area contributed by atoms with Crippen molar-refractivity contribution in [3.8, 4) is 0 Å². The highest BCUT2D eigenvalue weighted by Crippen LogP contribution is 2.29. The molecule has 0 amide bonds. The number of esters is 1. The van der Waals surface area contributed by atoms with E-state index in [0.29, 0.717) is 12.0 Å². The minimum atomic E-state index is -0.693. The van der Waals surface area contributed by atoms with Gasteiger partial charge in [0.25, 0.3) is 5.56 Å². The average Bonchev–Trinajstić information content (AvgIpc) is 2.81. The quantitative estimate of drug-likeness (QED) is 0.712. The number of carbonyl (C=O) groups is 1. The van der Waals surface area contributed by atoms with Crippen LogP contribution in [0, 0.1) is 0 Å². The number of H-pyrrole nitrogens is 1. The zero-order valence-corrected chi connectivity index (χ0v) is 11.9. The molecule has 2 N–H and O–H groups in total. The van der Waals surface area contributed by atoms with Crippen LogP contribution < -0.4 is 11.2 Å². The number of nitrogens with one attached hydrogen (secondary N) is 1. The lowest BCUT2D eigenvalue weighted by Crippen LogP contribution is -2.34. The number of aromatic nitrogens is 2. The molecule has 1 saturated heterocycles. The lowest BCUT2D eigenvalue weighted by molar-refractivity contribution is -0.150. The lowest BCUT2D eigenvalue weighted by Gasteiger charge is -2.15. The van der Waals surface area contributed by atoms with Gasteiger partial charge in [-0.2, -0.15) is 0 Å². The van der Waals surface area contributed by atoms with Gasteiger partial charge in [0.2, 0.25) is 0 Å². The van der Waals surface area contributed by atoms with Crippen molar-refractivity contribution in [3.05, 3.63) is 32.6 Å². The van der Waals surface area contributed by atoms with Crippen LogP contribution >= 0.6 is 0 Å². The normalized spacial score (nSPS) is 25.0. The summed E-state index contributed by atoms with van der Waals surface area (Å²) in [6, 6.07) is 0. The second-order valence-corrected chi connectivity index (χ2v) is 4.87. The zero-order chi connectivity index (χ0) is 15.6. The third kappa shape index (κ3) is 3.22. The molecule has 3 atom stereocenters. The van der Waals surface area contributed by atoms with Crippen molar-refractivity contribution in [1.82, 2.24) is 9.55 Å². The molecule has 0 saturated carbocycles. The van der Waals surface area contributed by atoms with E-state index < -0.39 is 35.7 Å².